The number of methoxy groups -OCH3 is 2. The van der Waals surface area contributed by atoms with Crippen LogP contribution in [0.15, 0.2) is 72.8 Å². The van der Waals surface area contributed by atoms with Gasteiger partial charge in [-0.2, -0.15) is 0 Å². The Hall–Kier alpha value is -3.54. The Balaban J connectivity index is 1.72. The Labute approximate surface area is 168 Å². The van der Waals surface area contributed by atoms with E-state index in [4.69, 9.17) is 14.2 Å². The van der Waals surface area contributed by atoms with E-state index in [1.165, 1.54) is 12.1 Å². The van der Waals surface area contributed by atoms with Gasteiger partial charge in [-0.1, -0.05) is 24.3 Å². The maximum Gasteiger partial charge on any atom is 0.271 e. The summed E-state index contributed by atoms with van der Waals surface area (Å²) in [5, 5.41) is 0. The number of β-lactam (4-membered cyclic amide) rings is 1. The standard InChI is InChI=1S/C23H20FNO4/c1-27-19-13-8-15(14-20(19)28-2)21-22(29-18-6-4-3-5-7-18)23(26)25(21)17-11-9-16(24)10-12-17/h3-14,21-22H,1-2H3/t21-,22+/m1/s1. The van der Waals surface area contributed by atoms with Crippen molar-refractivity contribution in [3.63, 3.8) is 0 Å². The Morgan fingerprint density at radius 3 is 2.21 bits per heavy atom. The Kier molecular flexibility index (Phi) is 5.08. The molecular formula is C23H20FNO4. The predicted octanol–water partition coefficient (Wildman–Crippen LogP) is 4.38. The molecule has 1 saturated heterocycles. The molecule has 1 aliphatic heterocycles. The third kappa shape index (κ3) is 3.49. The van der Waals surface area contributed by atoms with E-state index in [2.05, 4.69) is 0 Å². The van der Waals surface area contributed by atoms with Gasteiger partial charge in [0.15, 0.2) is 11.5 Å². The number of halogens is 1. The van der Waals surface area contributed by atoms with Crippen molar-refractivity contribution in [1.82, 2.24) is 0 Å². The van der Waals surface area contributed by atoms with E-state index in [1.54, 1.807) is 49.5 Å². The molecule has 3 aromatic rings. The van der Waals surface area contributed by atoms with E-state index in [9.17, 15) is 9.18 Å². The van der Waals surface area contributed by atoms with Crippen LogP contribution in [0.5, 0.6) is 17.2 Å². The zero-order chi connectivity index (χ0) is 20.4. The number of benzene rings is 3. The molecule has 0 spiro atoms. The zero-order valence-electron chi connectivity index (χ0n) is 16.0. The molecule has 3 aromatic carbocycles. The molecule has 2 atom stereocenters. The molecule has 0 unspecified atom stereocenters. The number of rotatable bonds is 6. The van der Waals surface area contributed by atoms with Gasteiger partial charge in [0.05, 0.1) is 14.2 Å². The number of ether oxygens (including phenoxy) is 3. The maximum absolute atomic E-state index is 13.4. The van der Waals surface area contributed by atoms with Gasteiger partial charge in [0, 0.05) is 5.69 Å². The highest BCUT2D eigenvalue weighted by Gasteiger charge is 2.51. The number of carbonyl (C=O) groups is 1. The zero-order valence-corrected chi connectivity index (χ0v) is 16.0. The van der Waals surface area contributed by atoms with Crippen molar-refractivity contribution in [2.75, 3.05) is 19.1 Å². The highest BCUT2D eigenvalue weighted by molar-refractivity contribution is 6.05. The molecule has 4 rings (SSSR count). The fourth-order valence-electron chi connectivity index (χ4n) is 3.47. The van der Waals surface area contributed by atoms with Gasteiger partial charge in [-0.15, -0.1) is 0 Å². The van der Waals surface area contributed by atoms with Crippen molar-refractivity contribution >= 4 is 11.6 Å². The molecule has 5 nitrogen and oxygen atoms in total. The van der Waals surface area contributed by atoms with Crippen LogP contribution in [-0.4, -0.2) is 26.2 Å². The molecule has 6 heteroatoms. The number of hydrogen-bond donors (Lipinski definition) is 0. The van der Waals surface area contributed by atoms with E-state index in [1.807, 2.05) is 30.3 Å². The minimum absolute atomic E-state index is 0.194. The van der Waals surface area contributed by atoms with Gasteiger partial charge in [-0.25, -0.2) is 4.39 Å². The molecule has 1 amide bonds. The summed E-state index contributed by atoms with van der Waals surface area (Å²) in [6.07, 6.45) is -0.708. The first kappa shape index (κ1) is 18.8. The monoisotopic (exact) mass is 393 g/mol. The summed E-state index contributed by atoms with van der Waals surface area (Å²) in [5.74, 6) is 1.20. The lowest BCUT2D eigenvalue weighted by atomic mass is 9.89. The Bertz CT molecular complexity index is 1010. The smallest absolute Gasteiger partial charge is 0.271 e. The van der Waals surface area contributed by atoms with Crippen LogP contribution in [-0.2, 0) is 4.79 Å². The molecule has 0 bridgehead atoms. The average Bonchev–Trinajstić information content (AvgIpc) is 2.77. The van der Waals surface area contributed by atoms with E-state index in [0.29, 0.717) is 22.9 Å². The summed E-state index contributed by atoms with van der Waals surface area (Å²) in [6.45, 7) is 0. The highest BCUT2D eigenvalue weighted by Crippen LogP contribution is 2.43. The van der Waals surface area contributed by atoms with Gasteiger partial charge in [0.2, 0.25) is 6.10 Å². The fourth-order valence-corrected chi connectivity index (χ4v) is 3.47. The Morgan fingerprint density at radius 2 is 1.55 bits per heavy atom. The molecule has 0 radical (unpaired) electrons. The van der Waals surface area contributed by atoms with Gasteiger partial charge in [0.1, 0.15) is 17.6 Å². The highest BCUT2D eigenvalue weighted by atomic mass is 19.1. The number of amides is 1. The molecule has 0 aliphatic carbocycles. The van der Waals surface area contributed by atoms with Crippen LogP contribution in [0, 0.1) is 5.82 Å². The Morgan fingerprint density at radius 1 is 0.862 bits per heavy atom. The van der Waals surface area contributed by atoms with Gasteiger partial charge in [-0.3, -0.25) is 9.69 Å². The summed E-state index contributed by atoms with van der Waals surface area (Å²) in [4.78, 5) is 14.6. The number of anilines is 1. The van der Waals surface area contributed by atoms with E-state index >= 15 is 0 Å². The molecule has 1 fully saturated rings. The molecule has 29 heavy (non-hydrogen) atoms. The van der Waals surface area contributed by atoms with Gasteiger partial charge < -0.3 is 14.2 Å². The maximum atomic E-state index is 13.4. The second-order valence-electron chi connectivity index (χ2n) is 6.60. The van der Waals surface area contributed by atoms with Crippen molar-refractivity contribution in [2.45, 2.75) is 12.1 Å². The first-order valence-corrected chi connectivity index (χ1v) is 9.14. The minimum atomic E-state index is -0.708. The average molecular weight is 393 g/mol. The molecular weight excluding hydrogens is 373 g/mol. The lowest BCUT2D eigenvalue weighted by molar-refractivity contribution is -0.135. The van der Waals surface area contributed by atoms with Crippen LogP contribution < -0.4 is 19.1 Å². The first-order valence-electron chi connectivity index (χ1n) is 9.14. The second-order valence-corrected chi connectivity index (χ2v) is 6.60. The van der Waals surface area contributed by atoms with Crippen LogP contribution in [0.4, 0.5) is 10.1 Å². The SMILES string of the molecule is COc1ccc([C@@H]2[C@H](Oc3ccccc3)C(=O)N2c2ccc(F)cc2)cc1OC. The number of nitrogens with zero attached hydrogens (tertiary/aromatic N) is 1. The molecule has 148 valence electrons. The second kappa shape index (κ2) is 7.83. The predicted molar refractivity (Wildman–Crippen MR) is 107 cm³/mol. The first-order chi connectivity index (χ1) is 14.1. The lowest BCUT2D eigenvalue weighted by Gasteiger charge is -2.46. The van der Waals surface area contributed by atoms with Crippen molar-refractivity contribution in [2.24, 2.45) is 0 Å². The topological polar surface area (TPSA) is 48.0 Å². The number of hydrogen-bond acceptors (Lipinski definition) is 4. The normalized spacial score (nSPS) is 18.2. The van der Waals surface area contributed by atoms with Crippen molar-refractivity contribution in [3.05, 3.63) is 84.2 Å². The molecule has 1 aliphatic rings. The fraction of sp³-hybridized carbons (Fsp3) is 0.174. The van der Waals surface area contributed by atoms with Crippen molar-refractivity contribution in [1.29, 1.82) is 0 Å². The number of para-hydroxylation sites is 1. The van der Waals surface area contributed by atoms with E-state index < -0.39 is 12.1 Å². The van der Waals surface area contributed by atoms with Gasteiger partial charge in [-0.05, 0) is 54.1 Å². The molecule has 0 aromatic heterocycles. The van der Waals surface area contributed by atoms with Gasteiger partial charge >= 0.3 is 0 Å². The molecule has 1 heterocycles. The minimum Gasteiger partial charge on any atom is -0.493 e. The van der Waals surface area contributed by atoms with Crippen LogP contribution in [0.1, 0.15) is 11.6 Å². The van der Waals surface area contributed by atoms with Crippen LogP contribution >= 0.6 is 0 Å². The lowest BCUT2D eigenvalue weighted by Crippen LogP contribution is -2.61. The van der Waals surface area contributed by atoms with E-state index in [-0.39, 0.29) is 11.7 Å². The molecule has 0 saturated carbocycles. The van der Waals surface area contributed by atoms with Crippen molar-refractivity contribution in [3.8, 4) is 17.2 Å². The third-order valence-electron chi connectivity index (χ3n) is 4.91. The summed E-state index contributed by atoms with van der Waals surface area (Å²) in [7, 11) is 3.12. The molecule has 0 N–H and O–H groups in total. The third-order valence-corrected chi connectivity index (χ3v) is 4.91. The summed E-state index contributed by atoms with van der Waals surface area (Å²) < 4.78 is 30.1. The van der Waals surface area contributed by atoms with Crippen molar-refractivity contribution < 1.29 is 23.4 Å². The van der Waals surface area contributed by atoms with E-state index in [0.717, 1.165) is 5.56 Å². The number of carbonyl (C=O) groups excluding carboxylic acids is 1. The van der Waals surface area contributed by atoms with Crippen LogP contribution in [0.25, 0.3) is 0 Å². The van der Waals surface area contributed by atoms with Gasteiger partial charge in [0.25, 0.3) is 5.91 Å². The van der Waals surface area contributed by atoms with Crippen LogP contribution in [0.2, 0.25) is 0 Å². The summed E-state index contributed by atoms with van der Waals surface area (Å²) in [6, 6.07) is 20.1. The summed E-state index contributed by atoms with van der Waals surface area (Å²) >= 11 is 0. The quantitative estimate of drug-likeness (QED) is 0.583. The largest absolute Gasteiger partial charge is 0.493 e. The van der Waals surface area contributed by atoms with Crippen LogP contribution in [0.3, 0.4) is 0 Å². The summed E-state index contributed by atoms with van der Waals surface area (Å²) in [5.41, 5.74) is 1.43.